The Kier molecular flexibility index (Phi) is 2.79. The third kappa shape index (κ3) is 2.00. The number of hydrogen-bond donors (Lipinski definition) is 1. The van der Waals surface area contributed by atoms with Crippen LogP contribution >= 0.6 is 0 Å². The molecule has 6 nitrogen and oxygen atoms in total. The molecular weight excluding hydrogens is 246 g/mol. The number of hydrogen-bond acceptors (Lipinski definition) is 5. The van der Waals surface area contributed by atoms with Crippen LogP contribution < -0.4 is 5.32 Å². The topological polar surface area (TPSA) is 77.2 Å². The Morgan fingerprint density at radius 1 is 1.26 bits per heavy atom. The molecule has 0 saturated carbocycles. The van der Waals surface area contributed by atoms with E-state index in [1.165, 1.54) is 0 Å². The molecule has 1 aliphatic rings. The lowest BCUT2D eigenvalue weighted by atomic mass is 9.88. The summed E-state index contributed by atoms with van der Waals surface area (Å²) in [7, 11) is 0. The SMILES string of the molecule is Cc1nonc1C(=O)NC1(c2ccccc2)COC1. The number of nitrogens with zero attached hydrogens (tertiary/aromatic N) is 2. The van der Waals surface area contributed by atoms with Crippen molar-refractivity contribution >= 4 is 5.91 Å². The largest absolute Gasteiger partial charge is 0.376 e. The maximum absolute atomic E-state index is 12.2. The van der Waals surface area contributed by atoms with Gasteiger partial charge in [-0.15, -0.1) is 0 Å². The van der Waals surface area contributed by atoms with E-state index in [2.05, 4.69) is 20.3 Å². The van der Waals surface area contributed by atoms with Crippen molar-refractivity contribution < 1.29 is 14.2 Å². The predicted octanol–water partition coefficient (Wildman–Crippen LogP) is 1.03. The van der Waals surface area contributed by atoms with E-state index in [0.29, 0.717) is 18.9 Å². The van der Waals surface area contributed by atoms with E-state index in [-0.39, 0.29) is 11.6 Å². The van der Waals surface area contributed by atoms with Gasteiger partial charge in [0.1, 0.15) is 11.2 Å². The number of aryl methyl sites for hydroxylation is 1. The van der Waals surface area contributed by atoms with Gasteiger partial charge >= 0.3 is 0 Å². The summed E-state index contributed by atoms with van der Waals surface area (Å²) in [5, 5.41) is 10.2. The van der Waals surface area contributed by atoms with E-state index >= 15 is 0 Å². The summed E-state index contributed by atoms with van der Waals surface area (Å²) in [4.78, 5) is 12.2. The summed E-state index contributed by atoms with van der Waals surface area (Å²) in [5.74, 6) is -0.300. The van der Waals surface area contributed by atoms with Crippen LogP contribution in [0.5, 0.6) is 0 Å². The molecule has 0 unspecified atom stereocenters. The van der Waals surface area contributed by atoms with Gasteiger partial charge in [-0.3, -0.25) is 4.79 Å². The highest BCUT2D eigenvalue weighted by Gasteiger charge is 2.42. The maximum Gasteiger partial charge on any atom is 0.276 e. The van der Waals surface area contributed by atoms with Crippen LogP contribution in [-0.4, -0.2) is 29.4 Å². The fourth-order valence-electron chi connectivity index (χ4n) is 2.09. The molecule has 1 aromatic heterocycles. The Morgan fingerprint density at radius 3 is 2.53 bits per heavy atom. The minimum absolute atomic E-state index is 0.210. The predicted molar refractivity (Wildman–Crippen MR) is 65.4 cm³/mol. The Labute approximate surface area is 109 Å². The van der Waals surface area contributed by atoms with Crippen molar-refractivity contribution in [3.8, 4) is 0 Å². The third-order valence-electron chi connectivity index (χ3n) is 3.24. The van der Waals surface area contributed by atoms with Gasteiger partial charge in [-0.2, -0.15) is 0 Å². The van der Waals surface area contributed by atoms with Gasteiger partial charge < -0.3 is 10.1 Å². The minimum Gasteiger partial charge on any atom is -0.376 e. The molecule has 1 fully saturated rings. The molecule has 1 saturated heterocycles. The highest BCUT2D eigenvalue weighted by molar-refractivity contribution is 5.93. The summed E-state index contributed by atoms with van der Waals surface area (Å²) in [6, 6.07) is 9.74. The molecular formula is C13H13N3O3. The highest BCUT2D eigenvalue weighted by Crippen LogP contribution is 2.29. The number of nitrogens with one attached hydrogen (secondary N) is 1. The van der Waals surface area contributed by atoms with Crippen molar-refractivity contribution in [1.29, 1.82) is 0 Å². The molecule has 0 spiro atoms. The van der Waals surface area contributed by atoms with Crippen LogP contribution in [0.2, 0.25) is 0 Å². The molecule has 6 heteroatoms. The van der Waals surface area contributed by atoms with Crippen LogP contribution in [0.1, 0.15) is 21.7 Å². The molecule has 2 heterocycles. The minimum atomic E-state index is -0.482. The fourth-order valence-corrected chi connectivity index (χ4v) is 2.09. The monoisotopic (exact) mass is 259 g/mol. The Bertz CT molecular complexity index is 590. The number of amides is 1. The van der Waals surface area contributed by atoms with Crippen LogP contribution in [0.3, 0.4) is 0 Å². The van der Waals surface area contributed by atoms with Gasteiger partial charge in [-0.1, -0.05) is 35.5 Å². The molecule has 1 amide bonds. The molecule has 0 bridgehead atoms. The molecule has 2 aromatic rings. The normalized spacial score (nSPS) is 16.7. The molecule has 0 aliphatic carbocycles. The van der Waals surface area contributed by atoms with Crippen molar-refractivity contribution in [2.24, 2.45) is 0 Å². The Morgan fingerprint density at radius 2 is 2.00 bits per heavy atom. The average Bonchev–Trinajstić information content (AvgIpc) is 2.81. The lowest BCUT2D eigenvalue weighted by Crippen LogP contribution is -2.59. The maximum atomic E-state index is 12.2. The van der Waals surface area contributed by atoms with Crippen molar-refractivity contribution in [3.63, 3.8) is 0 Å². The molecule has 1 N–H and O–H groups in total. The smallest absolute Gasteiger partial charge is 0.276 e. The zero-order valence-corrected chi connectivity index (χ0v) is 10.4. The lowest BCUT2D eigenvalue weighted by molar-refractivity contribution is -0.0734. The molecule has 1 aromatic carbocycles. The van der Waals surface area contributed by atoms with E-state index in [0.717, 1.165) is 5.56 Å². The van der Waals surface area contributed by atoms with E-state index in [1.807, 2.05) is 30.3 Å². The molecule has 3 rings (SSSR count). The first kappa shape index (κ1) is 11.9. The Hall–Kier alpha value is -2.21. The van der Waals surface area contributed by atoms with Crippen molar-refractivity contribution in [1.82, 2.24) is 15.6 Å². The van der Waals surface area contributed by atoms with Gasteiger partial charge in [-0.25, -0.2) is 4.63 Å². The number of carbonyl (C=O) groups excluding carboxylic acids is 1. The van der Waals surface area contributed by atoms with E-state index in [9.17, 15) is 4.79 Å². The van der Waals surface area contributed by atoms with Crippen LogP contribution in [0.4, 0.5) is 0 Å². The third-order valence-corrected chi connectivity index (χ3v) is 3.24. The number of aromatic nitrogens is 2. The molecule has 19 heavy (non-hydrogen) atoms. The molecule has 1 aliphatic heterocycles. The summed E-state index contributed by atoms with van der Waals surface area (Å²) in [6.07, 6.45) is 0. The summed E-state index contributed by atoms with van der Waals surface area (Å²) in [6.45, 7) is 2.58. The van der Waals surface area contributed by atoms with Crippen LogP contribution in [0, 0.1) is 6.92 Å². The van der Waals surface area contributed by atoms with Crippen LogP contribution in [0.15, 0.2) is 35.0 Å². The van der Waals surface area contributed by atoms with Gasteiger partial charge in [0.2, 0.25) is 0 Å². The first-order valence-electron chi connectivity index (χ1n) is 5.96. The number of rotatable bonds is 3. The van der Waals surface area contributed by atoms with E-state index in [4.69, 9.17) is 4.74 Å². The van der Waals surface area contributed by atoms with Gasteiger partial charge in [-0.05, 0) is 17.6 Å². The zero-order chi connectivity index (χ0) is 13.3. The van der Waals surface area contributed by atoms with Gasteiger partial charge in [0.15, 0.2) is 5.69 Å². The van der Waals surface area contributed by atoms with Crippen LogP contribution in [-0.2, 0) is 10.3 Å². The standard InChI is InChI=1S/C13H13N3O3/c1-9-11(16-19-15-9)12(17)14-13(7-18-8-13)10-5-3-2-4-6-10/h2-6H,7-8H2,1H3,(H,14,17). The van der Waals surface area contributed by atoms with Gasteiger partial charge in [0.05, 0.1) is 13.2 Å². The molecule has 0 radical (unpaired) electrons. The van der Waals surface area contributed by atoms with Crippen molar-refractivity contribution in [3.05, 3.63) is 47.3 Å². The first-order valence-corrected chi connectivity index (χ1v) is 5.96. The zero-order valence-electron chi connectivity index (χ0n) is 10.4. The quantitative estimate of drug-likeness (QED) is 0.891. The molecule has 98 valence electrons. The number of ether oxygens (including phenoxy) is 1. The molecule has 0 atom stereocenters. The number of benzene rings is 1. The second-order valence-corrected chi connectivity index (χ2v) is 4.59. The van der Waals surface area contributed by atoms with E-state index < -0.39 is 5.54 Å². The summed E-state index contributed by atoms with van der Waals surface area (Å²) >= 11 is 0. The average molecular weight is 259 g/mol. The number of carbonyl (C=O) groups is 1. The lowest BCUT2D eigenvalue weighted by Gasteiger charge is -2.42. The summed E-state index contributed by atoms with van der Waals surface area (Å²) < 4.78 is 9.81. The second-order valence-electron chi connectivity index (χ2n) is 4.59. The summed E-state index contributed by atoms with van der Waals surface area (Å²) in [5.41, 5.74) is 1.22. The van der Waals surface area contributed by atoms with E-state index in [1.54, 1.807) is 6.92 Å². The van der Waals surface area contributed by atoms with Gasteiger partial charge in [0, 0.05) is 0 Å². The van der Waals surface area contributed by atoms with Gasteiger partial charge in [0.25, 0.3) is 5.91 Å². The first-order chi connectivity index (χ1) is 9.21. The van der Waals surface area contributed by atoms with Crippen LogP contribution in [0.25, 0.3) is 0 Å². The Balaban J connectivity index is 1.85. The van der Waals surface area contributed by atoms with Crippen molar-refractivity contribution in [2.45, 2.75) is 12.5 Å². The van der Waals surface area contributed by atoms with Crippen molar-refractivity contribution in [2.75, 3.05) is 13.2 Å². The second kappa shape index (κ2) is 4.47. The highest BCUT2D eigenvalue weighted by atomic mass is 16.6. The fraction of sp³-hybridized carbons (Fsp3) is 0.308.